The normalized spacial score (nSPS) is 10.3. The largest absolute Gasteiger partial charge is 0.481 e. The molecule has 1 rings (SSSR count). The molecule has 1 amide bonds. The average molecular weight is 349 g/mol. The molecule has 0 radical (unpaired) electrons. The van der Waals surface area contributed by atoms with Gasteiger partial charge < -0.3 is 20.1 Å². The molecule has 0 aliphatic carbocycles. The van der Waals surface area contributed by atoms with E-state index in [0.29, 0.717) is 24.2 Å². The number of ether oxygens (including phenoxy) is 2. The molecule has 112 valence electrons. The SMILES string of the molecule is COCCNCCNC(=O)COc1ccc(Br)cc1F. The highest BCUT2D eigenvalue weighted by atomic mass is 79.9. The topological polar surface area (TPSA) is 59.6 Å². The monoisotopic (exact) mass is 348 g/mol. The summed E-state index contributed by atoms with van der Waals surface area (Å²) < 4.78 is 24.0. The van der Waals surface area contributed by atoms with Crippen LogP contribution in [0.4, 0.5) is 4.39 Å². The Balaban J connectivity index is 2.16. The quantitative estimate of drug-likeness (QED) is 0.661. The van der Waals surface area contributed by atoms with Gasteiger partial charge in [-0.3, -0.25) is 4.79 Å². The predicted molar refractivity (Wildman–Crippen MR) is 77.4 cm³/mol. The van der Waals surface area contributed by atoms with Crippen molar-refractivity contribution in [2.45, 2.75) is 0 Å². The van der Waals surface area contributed by atoms with Gasteiger partial charge in [-0.05, 0) is 18.2 Å². The fourth-order valence-electron chi connectivity index (χ4n) is 1.38. The Hall–Kier alpha value is -1.18. The van der Waals surface area contributed by atoms with Crippen LogP contribution in [0.3, 0.4) is 0 Å². The van der Waals surface area contributed by atoms with Crippen LogP contribution in [0.5, 0.6) is 5.75 Å². The molecule has 1 aromatic carbocycles. The predicted octanol–water partition coefficient (Wildman–Crippen LogP) is 1.32. The fraction of sp³-hybridized carbons (Fsp3) is 0.462. The van der Waals surface area contributed by atoms with E-state index in [1.54, 1.807) is 13.2 Å². The third-order valence-corrected chi connectivity index (χ3v) is 2.85. The number of carbonyl (C=O) groups is 1. The lowest BCUT2D eigenvalue weighted by molar-refractivity contribution is -0.123. The van der Waals surface area contributed by atoms with Crippen molar-refractivity contribution in [2.75, 3.05) is 40.0 Å². The van der Waals surface area contributed by atoms with Gasteiger partial charge in [0.15, 0.2) is 18.2 Å². The second-order valence-electron chi connectivity index (χ2n) is 3.96. The zero-order valence-corrected chi connectivity index (χ0v) is 12.8. The van der Waals surface area contributed by atoms with E-state index >= 15 is 0 Å². The van der Waals surface area contributed by atoms with Crippen LogP contribution in [0.25, 0.3) is 0 Å². The highest BCUT2D eigenvalue weighted by Gasteiger charge is 2.06. The molecule has 0 aliphatic heterocycles. The van der Waals surface area contributed by atoms with Crippen molar-refractivity contribution in [3.05, 3.63) is 28.5 Å². The third kappa shape index (κ3) is 6.83. The Labute approximate surface area is 126 Å². The van der Waals surface area contributed by atoms with E-state index < -0.39 is 5.82 Å². The summed E-state index contributed by atoms with van der Waals surface area (Å²) in [6.07, 6.45) is 0. The summed E-state index contributed by atoms with van der Waals surface area (Å²) in [6, 6.07) is 4.40. The Kier molecular flexibility index (Phi) is 8.17. The molecule has 2 N–H and O–H groups in total. The lowest BCUT2D eigenvalue weighted by Crippen LogP contribution is -2.35. The Bertz CT molecular complexity index is 432. The summed E-state index contributed by atoms with van der Waals surface area (Å²) in [4.78, 5) is 11.5. The molecule has 0 spiro atoms. The number of methoxy groups -OCH3 is 1. The highest BCUT2D eigenvalue weighted by Crippen LogP contribution is 2.21. The van der Waals surface area contributed by atoms with E-state index in [4.69, 9.17) is 9.47 Å². The first kappa shape index (κ1) is 16.9. The van der Waals surface area contributed by atoms with Crippen LogP contribution in [0.1, 0.15) is 0 Å². The molecule has 0 bridgehead atoms. The molecule has 7 heteroatoms. The molecule has 20 heavy (non-hydrogen) atoms. The van der Waals surface area contributed by atoms with Gasteiger partial charge in [-0.25, -0.2) is 4.39 Å². The molecule has 0 aromatic heterocycles. The summed E-state index contributed by atoms with van der Waals surface area (Å²) in [5.74, 6) is -0.740. The molecule has 1 aromatic rings. The van der Waals surface area contributed by atoms with Crippen LogP contribution in [-0.2, 0) is 9.53 Å². The second-order valence-corrected chi connectivity index (χ2v) is 4.87. The lowest BCUT2D eigenvalue weighted by atomic mass is 10.3. The molecule has 0 saturated heterocycles. The van der Waals surface area contributed by atoms with Crippen LogP contribution in [0.15, 0.2) is 22.7 Å². The summed E-state index contributed by atoms with van der Waals surface area (Å²) in [5, 5.41) is 5.75. The zero-order chi connectivity index (χ0) is 14.8. The molecule has 0 aliphatic rings. The van der Waals surface area contributed by atoms with Gasteiger partial charge in [0.25, 0.3) is 5.91 Å². The van der Waals surface area contributed by atoms with Crippen LogP contribution in [0.2, 0.25) is 0 Å². The van der Waals surface area contributed by atoms with Gasteiger partial charge in [0.2, 0.25) is 0 Å². The summed E-state index contributed by atoms with van der Waals surface area (Å²) in [7, 11) is 1.63. The summed E-state index contributed by atoms with van der Waals surface area (Å²) in [6.45, 7) is 2.26. The number of rotatable bonds is 9. The van der Waals surface area contributed by atoms with Gasteiger partial charge in [0.05, 0.1) is 6.61 Å². The van der Waals surface area contributed by atoms with E-state index in [2.05, 4.69) is 26.6 Å². The van der Waals surface area contributed by atoms with Gasteiger partial charge in [-0.15, -0.1) is 0 Å². The molecule has 0 saturated carbocycles. The Morgan fingerprint density at radius 2 is 2.15 bits per heavy atom. The average Bonchev–Trinajstić information content (AvgIpc) is 2.41. The van der Waals surface area contributed by atoms with Crippen molar-refractivity contribution in [2.24, 2.45) is 0 Å². The van der Waals surface area contributed by atoms with Gasteiger partial charge >= 0.3 is 0 Å². The van der Waals surface area contributed by atoms with E-state index in [-0.39, 0.29) is 18.3 Å². The fourth-order valence-corrected chi connectivity index (χ4v) is 1.71. The third-order valence-electron chi connectivity index (χ3n) is 2.36. The van der Waals surface area contributed by atoms with E-state index in [9.17, 15) is 9.18 Å². The lowest BCUT2D eigenvalue weighted by Gasteiger charge is -2.09. The number of amides is 1. The van der Waals surface area contributed by atoms with Gasteiger partial charge in [-0.2, -0.15) is 0 Å². The molecule has 0 fully saturated rings. The number of halogens is 2. The summed E-state index contributed by atoms with van der Waals surface area (Å²) in [5.41, 5.74) is 0. The van der Waals surface area contributed by atoms with Gasteiger partial charge in [0, 0.05) is 31.2 Å². The van der Waals surface area contributed by atoms with E-state index in [0.717, 1.165) is 6.54 Å². The van der Waals surface area contributed by atoms with Crippen molar-refractivity contribution in [1.82, 2.24) is 10.6 Å². The smallest absolute Gasteiger partial charge is 0.257 e. The first-order valence-corrected chi connectivity index (χ1v) is 6.97. The van der Waals surface area contributed by atoms with Crippen molar-refractivity contribution in [1.29, 1.82) is 0 Å². The number of carbonyl (C=O) groups excluding carboxylic acids is 1. The molecular formula is C13H18BrFN2O3. The molecule has 0 unspecified atom stereocenters. The molecular weight excluding hydrogens is 331 g/mol. The molecule has 0 atom stereocenters. The summed E-state index contributed by atoms with van der Waals surface area (Å²) >= 11 is 3.15. The zero-order valence-electron chi connectivity index (χ0n) is 11.2. The minimum Gasteiger partial charge on any atom is -0.481 e. The van der Waals surface area contributed by atoms with Crippen LogP contribution in [0, 0.1) is 5.82 Å². The van der Waals surface area contributed by atoms with E-state index in [1.807, 2.05) is 0 Å². The van der Waals surface area contributed by atoms with Crippen molar-refractivity contribution in [3.63, 3.8) is 0 Å². The van der Waals surface area contributed by atoms with Crippen LogP contribution in [-0.4, -0.2) is 45.9 Å². The van der Waals surface area contributed by atoms with Crippen LogP contribution < -0.4 is 15.4 Å². The Morgan fingerprint density at radius 3 is 2.85 bits per heavy atom. The molecule has 0 heterocycles. The van der Waals surface area contributed by atoms with Crippen LogP contribution >= 0.6 is 15.9 Å². The maximum atomic E-state index is 13.4. The first-order chi connectivity index (χ1) is 9.63. The van der Waals surface area contributed by atoms with Crippen molar-refractivity contribution < 1.29 is 18.7 Å². The second kappa shape index (κ2) is 9.68. The van der Waals surface area contributed by atoms with Crippen molar-refractivity contribution in [3.8, 4) is 5.75 Å². The number of hydrogen-bond acceptors (Lipinski definition) is 4. The highest BCUT2D eigenvalue weighted by molar-refractivity contribution is 9.10. The number of benzene rings is 1. The minimum absolute atomic E-state index is 0.0570. The molecule has 5 nitrogen and oxygen atoms in total. The first-order valence-electron chi connectivity index (χ1n) is 6.17. The van der Waals surface area contributed by atoms with Crippen molar-refractivity contribution >= 4 is 21.8 Å². The number of hydrogen-bond donors (Lipinski definition) is 2. The number of nitrogens with one attached hydrogen (secondary N) is 2. The maximum absolute atomic E-state index is 13.4. The standard InChI is InChI=1S/C13H18BrFN2O3/c1-19-7-6-16-4-5-17-13(18)9-20-12-3-2-10(14)8-11(12)15/h2-3,8,16H,4-7,9H2,1H3,(H,17,18). The maximum Gasteiger partial charge on any atom is 0.257 e. The van der Waals surface area contributed by atoms with Gasteiger partial charge in [0.1, 0.15) is 0 Å². The Morgan fingerprint density at radius 1 is 1.35 bits per heavy atom. The minimum atomic E-state index is -0.506. The van der Waals surface area contributed by atoms with E-state index in [1.165, 1.54) is 12.1 Å². The van der Waals surface area contributed by atoms with Gasteiger partial charge in [-0.1, -0.05) is 15.9 Å².